The molecule has 0 aromatic heterocycles. The third kappa shape index (κ3) is 3.66. The lowest BCUT2D eigenvalue weighted by molar-refractivity contribution is 0.0846. The van der Waals surface area contributed by atoms with Gasteiger partial charge in [-0.3, -0.25) is 4.99 Å². The van der Waals surface area contributed by atoms with Crippen LogP contribution < -0.4 is 4.18 Å². The Hall–Kier alpha value is -1.86. The van der Waals surface area contributed by atoms with Crippen LogP contribution in [0.25, 0.3) is 0 Å². The number of hydrogen-bond acceptors (Lipinski definition) is 6. The fourth-order valence-corrected chi connectivity index (χ4v) is 2.86. The number of hydrogen-bond donors (Lipinski definition) is 0. The summed E-state index contributed by atoms with van der Waals surface area (Å²) in [5.41, 5.74) is 1.67. The summed E-state index contributed by atoms with van der Waals surface area (Å²) in [5.74, 6) is 0.130. The number of benzene rings is 1. The molecule has 1 unspecified atom stereocenters. The molecule has 1 aliphatic rings. The third-order valence-corrected chi connectivity index (χ3v) is 3.80. The maximum absolute atomic E-state index is 11.4. The second-order valence-corrected chi connectivity index (χ2v) is 6.59. The fraction of sp³-hybridized carbons (Fsp3) is 0.286. The van der Waals surface area contributed by atoms with Crippen LogP contribution in [-0.4, -0.2) is 27.1 Å². The minimum Gasteiger partial charge on any atom is -0.387 e. The van der Waals surface area contributed by atoms with Gasteiger partial charge in [-0.05, 0) is 25.8 Å². The van der Waals surface area contributed by atoms with E-state index in [1.165, 1.54) is 6.07 Å². The Balaban J connectivity index is 2.33. The Labute approximate surface area is 134 Å². The van der Waals surface area contributed by atoms with Crippen molar-refractivity contribution < 1.29 is 17.4 Å². The number of halogens is 1. The Morgan fingerprint density at radius 2 is 2.32 bits per heavy atom. The molecule has 6 nitrogen and oxygen atoms in total. The third-order valence-electron chi connectivity index (χ3n) is 2.98. The molecule has 1 aliphatic heterocycles. The first-order valence-electron chi connectivity index (χ1n) is 6.39. The van der Waals surface area contributed by atoms with Gasteiger partial charge in [0, 0.05) is 6.42 Å². The standard InChI is InChI=1S/C14H15ClN2O4S/c1-4-10(16-2)11-8-13(20-17-11)14-9(15)6-5-7-12(14)21-22(3,18)19/h4-7,13H,2,8H2,1,3H3. The van der Waals surface area contributed by atoms with Crippen molar-refractivity contribution >= 4 is 34.1 Å². The predicted octanol–water partition coefficient (Wildman–Crippen LogP) is 3.10. The van der Waals surface area contributed by atoms with Gasteiger partial charge in [-0.25, -0.2) is 0 Å². The van der Waals surface area contributed by atoms with Crippen molar-refractivity contribution in [3.05, 3.63) is 40.6 Å². The Morgan fingerprint density at radius 3 is 2.91 bits per heavy atom. The van der Waals surface area contributed by atoms with E-state index in [4.69, 9.17) is 20.6 Å². The molecule has 22 heavy (non-hydrogen) atoms. The molecule has 0 N–H and O–H groups in total. The lowest BCUT2D eigenvalue weighted by Gasteiger charge is -2.15. The average molecular weight is 343 g/mol. The largest absolute Gasteiger partial charge is 0.387 e. The topological polar surface area (TPSA) is 77.3 Å². The van der Waals surface area contributed by atoms with Crippen LogP contribution in [0.2, 0.25) is 5.02 Å². The molecule has 0 spiro atoms. The van der Waals surface area contributed by atoms with Gasteiger partial charge < -0.3 is 9.02 Å². The first-order valence-corrected chi connectivity index (χ1v) is 8.59. The van der Waals surface area contributed by atoms with E-state index in [2.05, 4.69) is 16.9 Å². The zero-order chi connectivity index (χ0) is 16.3. The molecule has 8 heteroatoms. The lowest BCUT2D eigenvalue weighted by atomic mass is 10.0. The minimum absolute atomic E-state index is 0.130. The van der Waals surface area contributed by atoms with Crippen molar-refractivity contribution in [2.75, 3.05) is 6.26 Å². The quantitative estimate of drug-likeness (QED) is 0.608. The molecular formula is C14H15ClN2O4S. The average Bonchev–Trinajstić information content (AvgIpc) is 2.88. The molecule has 0 amide bonds. The molecule has 1 aromatic carbocycles. The van der Waals surface area contributed by atoms with Gasteiger partial charge in [-0.15, -0.1) is 0 Å². The predicted molar refractivity (Wildman–Crippen MR) is 86.1 cm³/mol. The minimum atomic E-state index is -3.68. The molecule has 118 valence electrons. The molecule has 0 radical (unpaired) electrons. The van der Waals surface area contributed by atoms with Gasteiger partial charge in [0.15, 0.2) is 11.9 Å². The van der Waals surface area contributed by atoms with Crippen molar-refractivity contribution in [2.45, 2.75) is 19.4 Å². The molecule has 0 fully saturated rings. The van der Waals surface area contributed by atoms with Crippen LogP contribution >= 0.6 is 11.6 Å². The summed E-state index contributed by atoms with van der Waals surface area (Å²) in [5, 5.41) is 4.31. The van der Waals surface area contributed by atoms with Crippen LogP contribution in [0.15, 0.2) is 40.1 Å². The summed E-state index contributed by atoms with van der Waals surface area (Å²) in [6.07, 6.45) is 2.58. The van der Waals surface area contributed by atoms with Gasteiger partial charge >= 0.3 is 10.1 Å². The highest BCUT2D eigenvalue weighted by atomic mass is 35.5. The molecule has 1 atom stereocenters. The highest BCUT2D eigenvalue weighted by Crippen LogP contribution is 2.39. The summed E-state index contributed by atoms with van der Waals surface area (Å²) in [6, 6.07) is 4.76. The van der Waals surface area contributed by atoms with Crippen LogP contribution in [0.5, 0.6) is 5.75 Å². The van der Waals surface area contributed by atoms with Crippen molar-refractivity contribution in [2.24, 2.45) is 10.1 Å². The summed E-state index contributed by atoms with van der Waals surface area (Å²) in [4.78, 5) is 9.23. The second-order valence-electron chi connectivity index (χ2n) is 4.61. The van der Waals surface area contributed by atoms with Crippen LogP contribution in [-0.2, 0) is 15.0 Å². The maximum atomic E-state index is 11.4. The van der Waals surface area contributed by atoms with Gasteiger partial charge in [-0.1, -0.05) is 28.9 Å². The van der Waals surface area contributed by atoms with Crippen LogP contribution in [0.4, 0.5) is 0 Å². The van der Waals surface area contributed by atoms with Gasteiger partial charge in [0.1, 0.15) is 5.71 Å². The molecule has 0 bridgehead atoms. The van der Waals surface area contributed by atoms with Gasteiger partial charge in [0.25, 0.3) is 0 Å². The molecular weight excluding hydrogens is 328 g/mol. The summed E-state index contributed by atoms with van der Waals surface area (Å²) < 4.78 is 27.7. The van der Waals surface area contributed by atoms with Crippen molar-refractivity contribution in [1.82, 2.24) is 0 Å². The molecule has 0 saturated carbocycles. The van der Waals surface area contributed by atoms with Crippen LogP contribution in [0, 0.1) is 0 Å². The van der Waals surface area contributed by atoms with E-state index in [0.29, 0.717) is 28.4 Å². The second kappa shape index (κ2) is 6.50. The highest BCUT2D eigenvalue weighted by molar-refractivity contribution is 7.86. The molecule has 2 rings (SSSR count). The van der Waals surface area contributed by atoms with E-state index in [0.717, 1.165) is 6.26 Å². The first-order chi connectivity index (χ1) is 10.4. The zero-order valence-corrected chi connectivity index (χ0v) is 13.7. The van der Waals surface area contributed by atoms with E-state index in [9.17, 15) is 8.42 Å². The normalized spacial score (nSPS) is 18.6. The van der Waals surface area contributed by atoms with Gasteiger partial charge in [0.05, 0.1) is 22.5 Å². The fourth-order valence-electron chi connectivity index (χ4n) is 2.10. The summed E-state index contributed by atoms with van der Waals surface area (Å²) >= 11 is 6.18. The number of oxime groups is 1. The summed E-state index contributed by atoms with van der Waals surface area (Å²) in [6.45, 7) is 5.29. The number of aliphatic imine (C=N–C) groups is 1. The van der Waals surface area contributed by atoms with E-state index < -0.39 is 16.2 Å². The van der Waals surface area contributed by atoms with Crippen molar-refractivity contribution in [3.8, 4) is 5.75 Å². The van der Waals surface area contributed by atoms with Crippen molar-refractivity contribution in [3.63, 3.8) is 0 Å². The first kappa shape index (κ1) is 16.5. The van der Waals surface area contributed by atoms with E-state index in [1.54, 1.807) is 18.2 Å². The molecule has 0 aliphatic carbocycles. The molecule has 0 saturated heterocycles. The van der Waals surface area contributed by atoms with Gasteiger partial charge in [0.2, 0.25) is 0 Å². The number of nitrogens with zero attached hydrogens (tertiary/aromatic N) is 2. The van der Waals surface area contributed by atoms with E-state index in [1.807, 2.05) is 6.92 Å². The lowest BCUT2D eigenvalue weighted by Crippen LogP contribution is -2.10. The Bertz CT molecular complexity index is 756. The highest BCUT2D eigenvalue weighted by Gasteiger charge is 2.30. The number of rotatable bonds is 5. The van der Waals surface area contributed by atoms with Crippen molar-refractivity contribution in [1.29, 1.82) is 0 Å². The monoisotopic (exact) mass is 342 g/mol. The van der Waals surface area contributed by atoms with Crippen LogP contribution in [0.1, 0.15) is 25.0 Å². The molecule has 1 heterocycles. The Kier molecular flexibility index (Phi) is 4.87. The number of allylic oxidation sites excluding steroid dienone is 2. The molecule has 1 aromatic rings. The van der Waals surface area contributed by atoms with E-state index >= 15 is 0 Å². The summed E-state index contributed by atoms with van der Waals surface area (Å²) in [7, 11) is -3.68. The van der Waals surface area contributed by atoms with E-state index in [-0.39, 0.29) is 5.75 Å². The maximum Gasteiger partial charge on any atom is 0.306 e. The smallest absolute Gasteiger partial charge is 0.306 e. The SMILES string of the molecule is C=NC(=CC)C1=NOC(c2c(Cl)cccc2OS(C)(=O)=O)C1. The Morgan fingerprint density at radius 1 is 1.59 bits per heavy atom. The van der Waals surface area contributed by atoms with Crippen LogP contribution in [0.3, 0.4) is 0 Å². The van der Waals surface area contributed by atoms with Gasteiger partial charge in [-0.2, -0.15) is 8.42 Å². The zero-order valence-electron chi connectivity index (χ0n) is 12.1.